The number of hydrogen-bond acceptors (Lipinski definition) is 4. The Morgan fingerprint density at radius 1 is 1.24 bits per heavy atom. The van der Waals surface area contributed by atoms with Gasteiger partial charge in [0.2, 0.25) is 0 Å². The number of alkyl halides is 3. The van der Waals surface area contributed by atoms with Crippen LogP contribution in [0.3, 0.4) is 0 Å². The smallest absolute Gasteiger partial charge is 0.375 e. The van der Waals surface area contributed by atoms with Crippen LogP contribution in [-0.2, 0) is 10.1 Å². The van der Waals surface area contributed by atoms with Crippen molar-refractivity contribution < 1.29 is 25.8 Å². The van der Waals surface area contributed by atoms with Crippen LogP contribution < -0.4 is 4.18 Å². The van der Waals surface area contributed by atoms with Gasteiger partial charge in [-0.15, -0.1) is 0 Å². The third-order valence-corrected chi connectivity index (χ3v) is 4.43. The number of halogens is 4. The maximum absolute atomic E-state index is 12.4. The third-order valence-electron chi connectivity index (χ3n) is 2.69. The topological polar surface area (TPSA) is 56.3 Å². The van der Waals surface area contributed by atoms with Gasteiger partial charge in [0.15, 0.2) is 5.75 Å². The second kappa shape index (κ2) is 5.13. The van der Waals surface area contributed by atoms with E-state index in [1.54, 1.807) is 19.1 Å². The summed E-state index contributed by atoms with van der Waals surface area (Å²) in [4.78, 5) is 4.23. The molecule has 21 heavy (non-hydrogen) atoms. The van der Waals surface area contributed by atoms with Crippen molar-refractivity contribution in [2.45, 2.75) is 19.4 Å². The largest absolute Gasteiger partial charge is 0.534 e. The van der Waals surface area contributed by atoms with Gasteiger partial charge in [-0.3, -0.25) is 4.98 Å². The molecule has 0 saturated carbocycles. The van der Waals surface area contributed by atoms with Gasteiger partial charge in [0.1, 0.15) is 0 Å². The fourth-order valence-corrected chi connectivity index (χ4v) is 3.06. The van der Waals surface area contributed by atoms with E-state index in [1.165, 1.54) is 13.0 Å². The summed E-state index contributed by atoms with van der Waals surface area (Å²) in [7, 11) is -5.72. The van der Waals surface area contributed by atoms with Crippen LogP contribution in [0.5, 0.6) is 5.75 Å². The summed E-state index contributed by atoms with van der Waals surface area (Å²) in [6, 6.07) is 4.74. The van der Waals surface area contributed by atoms with Crippen molar-refractivity contribution in [2.24, 2.45) is 0 Å². The third kappa shape index (κ3) is 2.98. The quantitative estimate of drug-likeness (QED) is 0.583. The van der Waals surface area contributed by atoms with E-state index < -0.39 is 21.4 Å². The SMILES string of the molecule is Cc1ccc2c(Br)c(OS(=O)(=O)C(F)(F)F)c(C)cc2n1. The van der Waals surface area contributed by atoms with E-state index in [9.17, 15) is 21.6 Å². The van der Waals surface area contributed by atoms with Crippen LogP contribution >= 0.6 is 15.9 Å². The van der Waals surface area contributed by atoms with Crippen molar-refractivity contribution >= 4 is 37.0 Å². The predicted octanol–water partition coefficient (Wildman–Crippen LogP) is 3.84. The molecule has 0 aliphatic heterocycles. The molecule has 1 aromatic heterocycles. The molecule has 0 fully saturated rings. The summed E-state index contributed by atoms with van der Waals surface area (Å²) < 4.78 is 63.8. The van der Waals surface area contributed by atoms with Gasteiger partial charge in [-0.2, -0.15) is 21.6 Å². The van der Waals surface area contributed by atoms with Gasteiger partial charge in [-0.1, -0.05) is 0 Å². The molecule has 0 N–H and O–H groups in total. The molecular formula is C12H9BrF3NO3S. The summed E-state index contributed by atoms with van der Waals surface area (Å²) in [5.41, 5.74) is -4.01. The molecule has 0 unspecified atom stereocenters. The molecule has 0 spiro atoms. The lowest BCUT2D eigenvalue weighted by Gasteiger charge is -2.14. The molecule has 0 bridgehead atoms. The highest BCUT2D eigenvalue weighted by Gasteiger charge is 2.49. The van der Waals surface area contributed by atoms with E-state index in [1.807, 2.05) is 0 Å². The Balaban J connectivity index is 2.64. The van der Waals surface area contributed by atoms with Crippen molar-refractivity contribution in [3.63, 3.8) is 0 Å². The zero-order valence-corrected chi connectivity index (χ0v) is 13.2. The van der Waals surface area contributed by atoms with Gasteiger partial charge in [-0.05, 0) is 53.5 Å². The number of rotatable bonds is 2. The number of pyridine rings is 1. The maximum Gasteiger partial charge on any atom is 0.534 e. The molecule has 9 heteroatoms. The van der Waals surface area contributed by atoms with Gasteiger partial charge in [0.25, 0.3) is 0 Å². The summed E-state index contributed by atoms with van der Waals surface area (Å²) in [5, 5.41) is 0.457. The Labute approximate surface area is 127 Å². The average molecular weight is 384 g/mol. The molecule has 0 aliphatic carbocycles. The highest BCUT2D eigenvalue weighted by atomic mass is 79.9. The normalized spacial score (nSPS) is 12.7. The van der Waals surface area contributed by atoms with Crippen LogP contribution in [0, 0.1) is 13.8 Å². The van der Waals surface area contributed by atoms with Crippen LogP contribution in [-0.4, -0.2) is 18.9 Å². The summed E-state index contributed by atoms with van der Waals surface area (Å²) in [5.74, 6) is -0.398. The van der Waals surface area contributed by atoms with Gasteiger partial charge in [0, 0.05) is 11.1 Å². The van der Waals surface area contributed by atoms with Crippen LogP contribution in [0.15, 0.2) is 22.7 Å². The molecule has 2 rings (SSSR count). The van der Waals surface area contributed by atoms with Crippen LogP contribution in [0.2, 0.25) is 0 Å². The predicted molar refractivity (Wildman–Crippen MR) is 74.5 cm³/mol. The molecule has 114 valence electrons. The van der Waals surface area contributed by atoms with Crippen LogP contribution in [0.4, 0.5) is 13.2 Å². The second-order valence-electron chi connectivity index (χ2n) is 4.34. The van der Waals surface area contributed by atoms with E-state index in [2.05, 4.69) is 25.1 Å². The van der Waals surface area contributed by atoms with Crippen molar-refractivity contribution in [1.82, 2.24) is 4.98 Å². The van der Waals surface area contributed by atoms with Crippen LogP contribution in [0.25, 0.3) is 10.9 Å². The number of hydrogen-bond donors (Lipinski definition) is 0. The fraction of sp³-hybridized carbons (Fsp3) is 0.250. The number of aromatic nitrogens is 1. The zero-order valence-electron chi connectivity index (χ0n) is 10.8. The minimum absolute atomic E-state index is 0.109. The number of nitrogens with zero attached hydrogens (tertiary/aromatic N) is 1. The van der Waals surface area contributed by atoms with E-state index in [0.717, 1.165) is 5.69 Å². The Morgan fingerprint density at radius 2 is 1.86 bits per heavy atom. The van der Waals surface area contributed by atoms with E-state index in [-0.39, 0.29) is 10.0 Å². The van der Waals surface area contributed by atoms with Crippen molar-refractivity contribution in [1.29, 1.82) is 0 Å². The zero-order chi connectivity index (χ0) is 16.0. The van der Waals surface area contributed by atoms with Gasteiger partial charge in [0.05, 0.1) is 9.99 Å². The first-order valence-corrected chi connectivity index (χ1v) is 7.80. The average Bonchev–Trinajstić information content (AvgIpc) is 2.32. The highest BCUT2D eigenvalue weighted by molar-refractivity contribution is 9.10. The molecule has 0 aliphatic rings. The lowest BCUT2D eigenvalue weighted by atomic mass is 10.1. The Kier molecular flexibility index (Phi) is 3.92. The number of benzene rings is 1. The maximum atomic E-state index is 12.4. The van der Waals surface area contributed by atoms with Gasteiger partial charge >= 0.3 is 15.6 Å². The Morgan fingerprint density at radius 3 is 2.43 bits per heavy atom. The Hall–Kier alpha value is -1.35. The molecular weight excluding hydrogens is 375 g/mol. The van der Waals surface area contributed by atoms with Crippen molar-refractivity contribution in [3.8, 4) is 5.75 Å². The van der Waals surface area contributed by atoms with Gasteiger partial charge in [-0.25, -0.2) is 0 Å². The minimum Gasteiger partial charge on any atom is -0.375 e. The molecule has 0 saturated heterocycles. The summed E-state index contributed by atoms with van der Waals surface area (Å²) in [6.45, 7) is 3.21. The van der Waals surface area contributed by atoms with E-state index in [0.29, 0.717) is 10.9 Å². The molecule has 0 atom stereocenters. The van der Waals surface area contributed by atoms with E-state index in [4.69, 9.17) is 0 Å². The van der Waals surface area contributed by atoms with E-state index >= 15 is 0 Å². The number of fused-ring (bicyclic) bond motifs is 1. The van der Waals surface area contributed by atoms with Crippen molar-refractivity contribution in [3.05, 3.63) is 33.9 Å². The molecule has 4 nitrogen and oxygen atoms in total. The van der Waals surface area contributed by atoms with Gasteiger partial charge < -0.3 is 4.18 Å². The second-order valence-corrected chi connectivity index (χ2v) is 6.67. The lowest BCUT2D eigenvalue weighted by molar-refractivity contribution is -0.0500. The molecule has 1 heterocycles. The standard InChI is InChI=1S/C12H9BrF3NO3S/c1-6-5-9-8(4-3-7(2)17-9)10(13)11(6)20-21(18,19)12(14,15)16/h3-5H,1-2H3. The number of aryl methyl sites for hydroxylation is 2. The fourth-order valence-electron chi connectivity index (χ4n) is 1.70. The highest BCUT2D eigenvalue weighted by Crippen LogP contribution is 2.38. The lowest BCUT2D eigenvalue weighted by Crippen LogP contribution is -2.28. The first-order chi connectivity index (χ1) is 9.53. The first-order valence-electron chi connectivity index (χ1n) is 5.60. The molecule has 0 amide bonds. The van der Waals surface area contributed by atoms with Crippen LogP contribution in [0.1, 0.15) is 11.3 Å². The molecule has 0 radical (unpaired) electrons. The minimum atomic E-state index is -5.72. The monoisotopic (exact) mass is 383 g/mol. The summed E-state index contributed by atoms with van der Waals surface area (Å²) in [6.07, 6.45) is 0. The Bertz CT molecular complexity index is 819. The summed E-state index contributed by atoms with van der Waals surface area (Å²) >= 11 is 3.08. The molecule has 2 aromatic rings. The van der Waals surface area contributed by atoms with Crippen molar-refractivity contribution in [2.75, 3.05) is 0 Å². The molecule has 1 aromatic carbocycles. The first kappa shape index (κ1) is 16.0.